The number of aliphatic carboxylic acids is 1. The summed E-state index contributed by atoms with van der Waals surface area (Å²) in [5.74, 6) is -0.484. The molecule has 26 heavy (non-hydrogen) atoms. The van der Waals surface area contributed by atoms with Crippen LogP contribution in [-0.2, 0) is 9.59 Å². The Bertz CT molecular complexity index is 788. The molecule has 8 heteroatoms. The van der Waals surface area contributed by atoms with Gasteiger partial charge in [0.1, 0.15) is 11.5 Å². The van der Waals surface area contributed by atoms with Crippen LogP contribution in [0.25, 0.3) is 0 Å². The molecule has 1 amide bonds. The molecule has 0 spiro atoms. The molecule has 136 valence electrons. The van der Waals surface area contributed by atoms with E-state index in [2.05, 4.69) is 10.5 Å². The predicted octanol–water partition coefficient (Wildman–Crippen LogP) is 2.72. The van der Waals surface area contributed by atoms with Gasteiger partial charge in [-0.05, 0) is 61.0 Å². The molecule has 0 atom stereocenters. The Morgan fingerprint density at radius 3 is 2.12 bits per heavy atom. The maximum atomic E-state index is 11.8. The highest BCUT2D eigenvalue weighted by Gasteiger charge is 2.04. The Kier molecular flexibility index (Phi) is 6.99. The first-order valence-electron chi connectivity index (χ1n) is 7.60. The lowest BCUT2D eigenvalue weighted by atomic mass is 10.1. The lowest BCUT2D eigenvalue weighted by Gasteiger charge is -2.07. The van der Waals surface area contributed by atoms with Gasteiger partial charge in [0.25, 0.3) is 5.91 Å². The molecule has 0 unspecified atom stereocenters. The lowest BCUT2D eigenvalue weighted by molar-refractivity contribution is -0.139. The van der Waals surface area contributed by atoms with Crippen molar-refractivity contribution in [3.05, 3.63) is 59.1 Å². The van der Waals surface area contributed by atoms with Crippen LogP contribution in [-0.4, -0.2) is 35.9 Å². The number of ether oxygens (including phenoxy) is 2. The van der Waals surface area contributed by atoms with E-state index in [0.29, 0.717) is 22.2 Å². The van der Waals surface area contributed by atoms with Gasteiger partial charge in [-0.3, -0.25) is 4.79 Å². The van der Waals surface area contributed by atoms with Crippen LogP contribution in [0.1, 0.15) is 12.5 Å². The summed E-state index contributed by atoms with van der Waals surface area (Å²) >= 11 is 5.77. The lowest BCUT2D eigenvalue weighted by Crippen LogP contribution is -2.25. The minimum atomic E-state index is -1.05. The van der Waals surface area contributed by atoms with Crippen LogP contribution >= 0.6 is 11.6 Å². The predicted molar refractivity (Wildman–Crippen MR) is 96.9 cm³/mol. The minimum absolute atomic E-state index is 0.180. The fourth-order valence-electron chi connectivity index (χ4n) is 1.86. The molecule has 0 aliphatic carbocycles. The van der Waals surface area contributed by atoms with E-state index in [-0.39, 0.29) is 6.61 Å². The van der Waals surface area contributed by atoms with E-state index in [4.69, 9.17) is 26.2 Å². The third kappa shape index (κ3) is 6.45. The van der Waals surface area contributed by atoms with Crippen molar-refractivity contribution in [1.82, 2.24) is 5.43 Å². The van der Waals surface area contributed by atoms with Gasteiger partial charge in [-0.25, -0.2) is 10.2 Å². The van der Waals surface area contributed by atoms with E-state index in [1.807, 2.05) is 0 Å². The van der Waals surface area contributed by atoms with Gasteiger partial charge in [-0.2, -0.15) is 5.10 Å². The molecule has 2 aromatic rings. The molecule has 0 aromatic heterocycles. The first-order chi connectivity index (χ1) is 12.4. The van der Waals surface area contributed by atoms with E-state index >= 15 is 0 Å². The van der Waals surface area contributed by atoms with Crippen molar-refractivity contribution >= 4 is 29.2 Å². The fourth-order valence-corrected chi connectivity index (χ4v) is 1.99. The summed E-state index contributed by atoms with van der Waals surface area (Å²) < 4.78 is 10.4. The molecule has 0 aliphatic rings. The van der Waals surface area contributed by atoms with Crippen molar-refractivity contribution in [1.29, 1.82) is 0 Å². The topological polar surface area (TPSA) is 97.2 Å². The van der Waals surface area contributed by atoms with Crippen molar-refractivity contribution in [2.45, 2.75) is 6.92 Å². The number of carboxylic acid groups (broad SMARTS) is 1. The standard InChI is InChI=1S/C18H17ClN2O5/c1-12(13-2-6-15(7-3-13)26-11-18(23)24)20-21-17(22)10-25-16-8-4-14(19)5-9-16/h2-9H,10-11H2,1H3,(H,21,22)(H,23,24)/b20-12-. The first kappa shape index (κ1) is 19.3. The van der Waals surface area contributed by atoms with Crippen LogP contribution < -0.4 is 14.9 Å². The van der Waals surface area contributed by atoms with E-state index in [9.17, 15) is 9.59 Å². The van der Waals surface area contributed by atoms with Crippen molar-refractivity contribution in [3.8, 4) is 11.5 Å². The second-order valence-corrected chi connectivity index (χ2v) is 5.62. The minimum Gasteiger partial charge on any atom is -0.484 e. The molecule has 2 N–H and O–H groups in total. The number of amides is 1. The number of nitrogens with zero attached hydrogens (tertiary/aromatic N) is 1. The molecule has 2 rings (SSSR count). The van der Waals surface area contributed by atoms with Gasteiger partial charge in [-0.15, -0.1) is 0 Å². The average Bonchev–Trinajstić information content (AvgIpc) is 2.64. The highest BCUT2D eigenvalue weighted by Crippen LogP contribution is 2.15. The van der Waals surface area contributed by atoms with E-state index in [1.54, 1.807) is 55.5 Å². The number of rotatable bonds is 8. The van der Waals surface area contributed by atoms with Gasteiger partial charge in [0.2, 0.25) is 0 Å². The zero-order valence-electron chi connectivity index (χ0n) is 13.9. The Labute approximate surface area is 155 Å². The molecule has 0 saturated heterocycles. The van der Waals surface area contributed by atoms with Gasteiger partial charge >= 0.3 is 5.97 Å². The Morgan fingerprint density at radius 2 is 1.54 bits per heavy atom. The third-order valence-electron chi connectivity index (χ3n) is 3.17. The second-order valence-electron chi connectivity index (χ2n) is 5.18. The molecule has 0 fully saturated rings. The van der Waals surface area contributed by atoms with Gasteiger partial charge < -0.3 is 14.6 Å². The highest BCUT2D eigenvalue weighted by atomic mass is 35.5. The van der Waals surface area contributed by atoms with Gasteiger partial charge in [0.15, 0.2) is 13.2 Å². The largest absolute Gasteiger partial charge is 0.484 e. The Balaban J connectivity index is 1.83. The molecule has 0 saturated carbocycles. The molecule has 0 radical (unpaired) electrons. The second kappa shape index (κ2) is 9.43. The Hall–Kier alpha value is -3.06. The van der Waals surface area contributed by atoms with Gasteiger partial charge in [0, 0.05) is 5.02 Å². The van der Waals surface area contributed by atoms with E-state index < -0.39 is 18.5 Å². The zero-order valence-corrected chi connectivity index (χ0v) is 14.7. The number of benzene rings is 2. The van der Waals surface area contributed by atoms with Gasteiger partial charge in [-0.1, -0.05) is 11.6 Å². The SMILES string of the molecule is C/C(=N/NC(=O)COc1ccc(Cl)cc1)c1ccc(OCC(=O)O)cc1. The number of nitrogens with one attached hydrogen (secondary N) is 1. The van der Waals surface area contributed by atoms with E-state index in [0.717, 1.165) is 5.56 Å². The van der Waals surface area contributed by atoms with Crippen molar-refractivity contribution in [3.63, 3.8) is 0 Å². The van der Waals surface area contributed by atoms with Crippen LogP contribution in [0.15, 0.2) is 53.6 Å². The van der Waals surface area contributed by atoms with Crippen molar-refractivity contribution in [2.75, 3.05) is 13.2 Å². The highest BCUT2D eigenvalue weighted by molar-refractivity contribution is 6.30. The monoisotopic (exact) mass is 376 g/mol. The number of carbonyl (C=O) groups excluding carboxylic acids is 1. The normalized spacial score (nSPS) is 10.9. The molecule has 0 aliphatic heterocycles. The quantitative estimate of drug-likeness (QED) is 0.545. The van der Waals surface area contributed by atoms with Crippen LogP contribution in [0.3, 0.4) is 0 Å². The van der Waals surface area contributed by atoms with Crippen LogP contribution in [0.4, 0.5) is 0 Å². The third-order valence-corrected chi connectivity index (χ3v) is 3.42. The summed E-state index contributed by atoms with van der Waals surface area (Å²) in [7, 11) is 0. The van der Waals surface area contributed by atoms with Crippen LogP contribution in [0.5, 0.6) is 11.5 Å². The number of hydrazone groups is 1. The zero-order chi connectivity index (χ0) is 18.9. The number of hydrogen-bond acceptors (Lipinski definition) is 5. The van der Waals surface area contributed by atoms with Gasteiger partial charge in [0.05, 0.1) is 5.71 Å². The molecule has 0 heterocycles. The summed E-state index contributed by atoms with van der Waals surface area (Å²) in [5.41, 5.74) is 3.74. The molecule has 2 aromatic carbocycles. The summed E-state index contributed by atoms with van der Waals surface area (Å²) in [6.07, 6.45) is 0. The van der Waals surface area contributed by atoms with Crippen molar-refractivity contribution < 1.29 is 24.2 Å². The summed E-state index contributed by atoms with van der Waals surface area (Å²) in [5, 5.41) is 13.2. The maximum Gasteiger partial charge on any atom is 0.341 e. The molecule has 7 nitrogen and oxygen atoms in total. The first-order valence-corrected chi connectivity index (χ1v) is 7.98. The summed E-state index contributed by atoms with van der Waals surface area (Å²) in [6.45, 7) is 1.14. The summed E-state index contributed by atoms with van der Waals surface area (Å²) in [6, 6.07) is 13.3. The van der Waals surface area contributed by atoms with E-state index in [1.165, 1.54) is 0 Å². The number of carboxylic acids is 1. The van der Waals surface area contributed by atoms with Crippen molar-refractivity contribution in [2.24, 2.45) is 5.10 Å². The number of halogens is 1. The Morgan fingerprint density at radius 1 is 1.00 bits per heavy atom. The average molecular weight is 377 g/mol. The number of hydrogen-bond donors (Lipinski definition) is 2. The molecular weight excluding hydrogens is 360 g/mol. The smallest absolute Gasteiger partial charge is 0.341 e. The maximum absolute atomic E-state index is 11.8. The molecule has 0 bridgehead atoms. The molecular formula is C18H17ClN2O5. The summed E-state index contributed by atoms with van der Waals surface area (Å²) in [4.78, 5) is 22.2. The number of carbonyl (C=O) groups is 2. The fraction of sp³-hybridized carbons (Fsp3) is 0.167. The van der Waals surface area contributed by atoms with Crippen LogP contribution in [0.2, 0.25) is 5.02 Å². The van der Waals surface area contributed by atoms with Crippen LogP contribution in [0, 0.1) is 0 Å².